The number of nitrogens with zero attached hydrogens (tertiary/aromatic N) is 1. The molecule has 0 saturated carbocycles. The Bertz CT molecular complexity index is 744. The van der Waals surface area contributed by atoms with Crippen LogP contribution in [0.25, 0.3) is 11.1 Å². The third kappa shape index (κ3) is 4.06. The lowest BCUT2D eigenvalue weighted by atomic mass is 9.76. The predicted molar refractivity (Wildman–Crippen MR) is 97.6 cm³/mol. The van der Waals surface area contributed by atoms with Crippen molar-refractivity contribution in [3.63, 3.8) is 0 Å². The first kappa shape index (κ1) is 17.6. The van der Waals surface area contributed by atoms with Gasteiger partial charge >= 0.3 is 0 Å². The van der Waals surface area contributed by atoms with Crippen molar-refractivity contribution < 1.29 is 9.18 Å². The maximum Gasteiger partial charge on any atom is 0.225 e. The summed E-state index contributed by atoms with van der Waals surface area (Å²) < 4.78 is 13.1. The summed E-state index contributed by atoms with van der Waals surface area (Å²) >= 11 is 0. The molecular weight excluding hydrogens is 315 g/mol. The van der Waals surface area contributed by atoms with E-state index >= 15 is 0 Å². The van der Waals surface area contributed by atoms with Crippen LogP contribution in [0.3, 0.4) is 0 Å². The smallest absolute Gasteiger partial charge is 0.225 e. The Hall–Kier alpha value is -2.23. The number of carbonyl (C=O) groups is 1. The summed E-state index contributed by atoms with van der Waals surface area (Å²) in [6.45, 7) is 5.02. The van der Waals surface area contributed by atoms with Gasteiger partial charge in [-0.25, -0.2) is 4.39 Å². The van der Waals surface area contributed by atoms with Crippen molar-refractivity contribution in [2.45, 2.75) is 45.4 Å². The molecule has 2 atom stereocenters. The van der Waals surface area contributed by atoms with E-state index in [2.05, 4.69) is 30.2 Å². The third-order valence-corrected chi connectivity index (χ3v) is 5.33. The van der Waals surface area contributed by atoms with Crippen LogP contribution in [0, 0.1) is 11.2 Å². The molecule has 1 saturated heterocycles. The molecule has 1 fully saturated rings. The summed E-state index contributed by atoms with van der Waals surface area (Å²) in [6, 6.07) is 10.5. The van der Waals surface area contributed by atoms with Crippen LogP contribution in [-0.4, -0.2) is 17.4 Å². The summed E-state index contributed by atoms with van der Waals surface area (Å²) in [5.74, 6) is 0.219. The molecule has 4 heteroatoms. The van der Waals surface area contributed by atoms with Crippen molar-refractivity contribution in [1.29, 1.82) is 0 Å². The number of carbonyl (C=O) groups excluding carboxylic acids is 1. The van der Waals surface area contributed by atoms with E-state index in [4.69, 9.17) is 0 Å². The Morgan fingerprint density at radius 3 is 2.72 bits per heavy atom. The second kappa shape index (κ2) is 7.34. The van der Waals surface area contributed by atoms with Gasteiger partial charge in [0.15, 0.2) is 0 Å². The molecule has 3 nitrogen and oxygen atoms in total. The van der Waals surface area contributed by atoms with Crippen LogP contribution in [0.1, 0.15) is 51.1 Å². The highest BCUT2D eigenvalue weighted by molar-refractivity contribution is 5.82. The second-order valence-electron chi connectivity index (χ2n) is 7.34. The van der Waals surface area contributed by atoms with E-state index in [1.165, 1.54) is 12.1 Å². The van der Waals surface area contributed by atoms with Gasteiger partial charge in [0.2, 0.25) is 5.91 Å². The van der Waals surface area contributed by atoms with Gasteiger partial charge in [0.25, 0.3) is 0 Å². The second-order valence-corrected chi connectivity index (χ2v) is 7.34. The fraction of sp³-hybridized carbons (Fsp3) is 0.429. The SMILES string of the molecule is C[C@@H](CCC1(C)CCCNC1=O)c1cc(-c2ccc(F)cc2)ccn1. The van der Waals surface area contributed by atoms with Gasteiger partial charge in [-0.2, -0.15) is 0 Å². The zero-order valence-corrected chi connectivity index (χ0v) is 14.9. The van der Waals surface area contributed by atoms with Gasteiger partial charge < -0.3 is 5.32 Å². The molecule has 0 radical (unpaired) electrons. The number of nitrogens with one attached hydrogen (secondary N) is 1. The molecule has 0 bridgehead atoms. The van der Waals surface area contributed by atoms with Crippen molar-refractivity contribution >= 4 is 5.91 Å². The fourth-order valence-electron chi connectivity index (χ4n) is 3.47. The molecule has 1 aliphatic heterocycles. The summed E-state index contributed by atoms with van der Waals surface area (Å²) in [6.07, 6.45) is 5.59. The van der Waals surface area contributed by atoms with Crippen LogP contribution < -0.4 is 5.32 Å². The highest BCUT2D eigenvalue weighted by atomic mass is 19.1. The lowest BCUT2D eigenvalue weighted by molar-refractivity contribution is -0.133. The summed E-state index contributed by atoms with van der Waals surface area (Å²) in [4.78, 5) is 16.7. The number of rotatable bonds is 5. The van der Waals surface area contributed by atoms with Gasteiger partial charge in [-0.1, -0.05) is 26.0 Å². The zero-order chi connectivity index (χ0) is 17.9. The zero-order valence-electron chi connectivity index (χ0n) is 14.9. The maximum absolute atomic E-state index is 13.1. The normalized spacial score (nSPS) is 21.6. The molecular formula is C21H25FN2O. The number of amides is 1. The van der Waals surface area contributed by atoms with E-state index in [1.54, 1.807) is 18.3 Å². The molecule has 1 amide bonds. The van der Waals surface area contributed by atoms with Crippen molar-refractivity contribution in [2.24, 2.45) is 5.41 Å². The molecule has 1 aromatic heterocycles. The van der Waals surface area contributed by atoms with Gasteiger partial charge in [-0.3, -0.25) is 9.78 Å². The Morgan fingerprint density at radius 2 is 2.00 bits per heavy atom. The summed E-state index contributed by atoms with van der Waals surface area (Å²) in [7, 11) is 0. The van der Waals surface area contributed by atoms with E-state index in [1.807, 2.05) is 6.07 Å². The minimum atomic E-state index is -0.263. The summed E-state index contributed by atoms with van der Waals surface area (Å²) in [5, 5.41) is 2.99. The minimum Gasteiger partial charge on any atom is -0.356 e. The first-order chi connectivity index (χ1) is 12.0. The van der Waals surface area contributed by atoms with Crippen LogP contribution in [0.5, 0.6) is 0 Å². The highest BCUT2D eigenvalue weighted by Crippen LogP contribution is 2.35. The first-order valence-corrected chi connectivity index (χ1v) is 8.98. The van der Waals surface area contributed by atoms with Gasteiger partial charge in [0.05, 0.1) is 0 Å². The van der Waals surface area contributed by atoms with Gasteiger partial charge in [0, 0.05) is 23.9 Å². The van der Waals surface area contributed by atoms with Gasteiger partial charge in [-0.15, -0.1) is 0 Å². The van der Waals surface area contributed by atoms with Crippen molar-refractivity contribution in [1.82, 2.24) is 10.3 Å². The van der Waals surface area contributed by atoms with E-state index in [0.717, 1.165) is 49.0 Å². The maximum atomic E-state index is 13.1. The predicted octanol–water partition coefficient (Wildman–Crippen LogP) is 4.69. The Morgan fingerprint density at radius 1 is 1.24 bits per heavy atom. The Labute approximate surface area is 148 Å². The topological polar surface area (TPSA) is 42.0 Å². The van der Waals surface area contributed by atoms with Gasteiger partial charge in [-0.05, 0) is 67.0 Å². The lowest BCUT2D eigenvalue weighted by Gasteiger charge is -2.33. The minimum absolute atomic E-state index is 0.180. The number of pyridine rings is 1. The van der Waals surface area contributed by atoms with Gasteiger partial charge in [0.1, 0.15) is 5.82 Å². The number of halogens is 1. The van der Waals surface area contributed by atoms with Crippen LogP contribution >= 0.6 is 0 Å². The molecule has 3 rings (SSSR count). The molecule has 1 N–H and O–H groups in total. The van der Waals surface area contributed by atoms with Crippen LogP contribution in [0.4, 0.5) is 4.39 Å². The number of piperidine rings is 1. The Kier molecular flexibility index (Phi) is 5.16. The van der Waals surface area contributed by atoms with Crippen LogP contribution in [-0.2, 0) is 4.79 Å². The standard InChI is InChI=1S/C21H25FN2O/c1-15(8-11-21(2)10-3-12-24-20(21)25)19-14-17(9-13-23-19)16-4-6-18(22)7-5-16/h4-7,9,13-15H,3,8,10-12H2,1-2H3,(H,24,25)/t15-,21?/m0/s1. The van der Waals surface area contributed by atoms with Crippen LogP contribution in [0.15, 0.2) is 42.6 Å². The highest BCUT2D eigenvalue weighted by Gasteiger charge is 2.35. The average Bonchev–Trinajstić information content (AvgIpc) is 2.63. The fourth-order valence-corrected chi connectivity index (χ4v) is 3.47. The first-order valence-electron chi connectivity index (χ1n) is 8.98. The Balaban J connectivity index is 1.70. The molecule has 2 heterocycles. The third-order valence-electron chi connectivity index (χ3n) is 5.33. The number of benzene rings is 1. The van der Waals surface area contributed by atoms with E-state index in [9.17, 15) is 9.18 Å². The molecule has 0 aliphatic carbocycles. The molecule has 0 spiro atoms. The molecule has 1 unspecified atom stereocenters. The van der Waals surface area contributed by atoms with E-state index in [-0.39, 0.29) is 23.1 Å². The average molecular weight is 340 g/mol. The van der Waals surface area contributed by atoms with Crippen LogP contribution in [0.2, 0.25) is 0 Å². The van der Waals surface area contributed by atoms with E-state index in [0.29, 0.717) is 0 Å². The van der Waals surface area contributed by atoms with Crippen molar-refractivity contribution in [3.8, 4) is 11.1 Å². The lowest BCUT2D eigenvalue weighted by Crippen LogP contribution is -2.44. The largest absolute Gasteiger partial charge is 0.356 e. The number of aromatic nitrogens is 1. The monoisotopic (exact) mass is 340 g/mol. The number of hydrogen-bond donors (Lipinski definition) is 1. The van der Waals surface area contributed by atoms with Crippen molar-refractivity contribution in [2.75, 3.05) is 6.54 Å². The molecule has 1 aliphatic rings. The van der Waals surface area contributed by atoms with Crippen molar-refractivity contribution in [3.05, 3.63) is 54.1 Å². The molecule has 2 aromatic rings. The molecule has 132 valence electrons. The number of hydrogen-bond acceptors (Lipinski definition) is 2. The molecule has 1 aromatic carbocycles. The molecule has 25 heavy (non-hydrogen) atoms. The summed E-state index contributed by atoms with van der Waals surface area (Å²) in [5.41, 5.74) is 2.78. The van der Waals surface area contributed by atoms with E-state index < -0.39 is 0 Å². The quantitative estimate of drug-likeness (QED) is 0.858.